The van der Waals surface area contributed by atoms with Gasteiger partial charge < -0.3 is 15.7 Å². The van der Waals surface area contributed by atoms with Crippen LogP contribution in [0.2, 0.25) is 0 Å². The first kappa shape index (κ1) is 15.7. The van der Waals surface area contributed by atoms with Gasteiger partial charge in [-0.3, -0.25) is 19.4 Å². The Kier molecular flexibility index (Phi) is 3.99. The van der Waals surface area contributed by atoms with Gasteiger partial charge in [0.2, 0.25) is 5.91 Å². The van der Waals surface area contributed by atoms with E-state index in [2.05, 4.69) is 4.98 Å². The van der Waals surface area contributed by atoms with Crippen molar-refractivity contribution in [3.05, 3.63) is 59.4 Å². The molecule has 24 heavy (non-hydrogen) atoms. The number of nitrogens with zero attached hydrogens (tertiary/aromatic N) is 2. The van der Waals surface area contributed by atoms with Crippen molar-refractivity contribution in [1.82, 2.24) is 4.98 Å². The molecule has 1 aromatic carbocycles. The molecule has 1 unspecified atom stereocenters. The van der Waals surface area contributed by atoms with Gasteiger partial charge in [0.25, 0.3) is 5.91 Å². The quantitative estimate of drug-likeness (QED) is 0.885. The number of para-hydroxylation sites is 1. The summed E-state index contributed by atoms with van der Waals surface area (Å²) < 4.78 is 0. The summed E-state index contributed by atoms with van der Waals surface area (Å²) in [4.78, 5) is 40.7. The molecule has 3 rings (SSSR count). The van der Waals surface area contributed by atoms with Crippen LogP contribution >= 0.6 is 0 Å². The Hall–Kier alpha value is -3.22. The number of hydrogen-bond donors (Lipinski definition) is 2. The Morgan fingerprint density at radius 3 is 2.54 bits per heavy atom. The molecule has 1 aliphatic heterocycles. The van der Waals surface area contributed by atoms with Crippen LogP contribution in [0.4, 0.5) is 5.69 Å². The number of anilines is 1. The van der Waals surface area contributed by atoms with Crippen LogP contribution in [0.3, 0.4) is 0 Å². The Morgan fingerprint density at radius 2 is 1.92 bits per heavy atom. The second-order valence-corrected chi connectivity index (χ2v) is 5.49. The Labute approximate surface area is 137 Å². The molecule has 0 bridgehead atoms. The number of amides is 2. The molecule has 7 nitrogen and oxygen atoms in total. The SMILES string of the molecule is NC(=O)c1ccc(C(=O)N2CCC(C(=O)O)c3ccccc32)nc1. The summed E-state index contributed by atoms with van der Waals surface area (Å²) in [6.07, 6.45) is 1.59. The molecule has 2 heterocycles. The number of carbonyl (C=O) groups is 3. The lowest BCUT2D eigenvalue weighted by atomic mass is 9.90. The average Bonchev–Trinajstić information content (AvgIpc) is 2.60. The van der Waals surface area contributed by atoms with Crippen LogP contribution in [-0.4, -0.2) is 34.4 Å². The van der Waals surface area contributed by atoms with Gasteiger partial charge in [0, 0.05) is 18.4 Å². The molecule has 7 heteroatoms. The first-order valence-electron chi connectivity index (χ1n) is 7.38. The highest BCUT2D eigenvalue weighted by atomic mass is 16.4. The maximum atomic E-state index is 12.7. The fourth-order valence-corrected chi connectivity index (χ4v) is 2.83. The van der Waals surface area contributed by atoms with Gasteiger partial charge in [0.1, 0.15) is 5.69 Å². The first-order valence-corrected chi connectivity index (χ1v) is 7.38. The maximum Gasteiger partial charge on any atom is 0.311 e. The molecule has 1 atom stereocenters. The predicted octanol–water partition coefficient (Wildman–Crippen LogP) is 1.40. The minimum Gasteiger partial charge on any atom is -0.481 e. The highest BCUT2D eigenvalue weighted by Crippen LogP contribution is 2.35. The van der Waals surface area contributed by atoms with Crippen molar-refractivity contribution in [1.29, 1.82) is 0 Å². The van der Waals surface area contributed by atoms with Crippen molar-refractivity contribution in [2.45, 2.75) is 12.3 Å². The van der Waals surface area contributed by atoms with Crippen LogP contribution in [0.1, 0.15) is 38.7 Å². The van der Waals surface area contributed by atoms with Gasteiger partial charge in [-0.05, 0) is 30.2 Å². The number of nitrogens with two attached hydrogens (primary N) is 1. The van der Waals surface area contributed by atoms with Crippen molar-refractivity contribution in [3.8, 4) is 0 Å². The number of carbonyl (C=O) groups excluding carboxylic acids is 2. The zero-order chi connectivity index (χ0) is 17.3. The molecule has 1 aromatic heterocycles. The third-order valence-corrected chi connectivity index (χ3v) is 4.05. The third kappa shape index (κ3) is 2.71. The van der Waals surface area contributed by atoms with E-state index < -0.39 is 17.8 Å². The number of primary amides is 1. The number of pyridine rings is 1. The summed E-state index contributed by atoms with van der Waals surface area (Å²) in [6, 6.07) is 9.83. The zero-order valence-electron chi connectivity index (χ0n) is 12.7. The van der Waals surface area contributed by atoms with Crippen LogP contribution in [0.15, 0.2) is 42.6 Å². The molecule has 2 aromatic rings. The molecular formula is C17H15N3O4. The van der Waals surface area contributed by atoms with Gasteiger partial charge in [0.05, 0.1) is 11.5 Å². The monoisotopic (exact) mass is 325 g/mol. The van der Waals surface area contributed by atoms with Crippen LogP contribution in [0, 0.1) is 0 Å². The maximum absolute atomic E-state index is 12.7. The van der Waals surface area contributed by atoms with Gasteiger partial charge in [-0.25, -0.2) is 0 Å². The largest absolute Gasteiger partial charge is 0.481 e. The summed E-state index contributed by atoms with van der Waals surface area (Å²) in [5.74, 6) is -2.50. The van der Waals surface area contributed by atoms with Gasteiger partial charge in [-0.2, -0.15) is 0 Å². The van der Waals surface area contributed by atoms with Crippen molar-refractivity contribution in [2.75, 3.05) is 11.4 Å². The van der Waals surface area contributed by atoms with Gasteiger partial charge >= 0.3 is 5.97 Å². The number of hydrogen-bond acceptors (Lipinski definition) is 4. The van der Waals surface area contributed by atoms with E-state index in [0.29, 0.717) is 17.7 Å². The third-order valence-electron chi connectivity index (χ3n) is 4.05. The second kappa shape index (κ2) is 6.11. The fourth-order valence-electron chi connectivity index (χ4n) is 2.83. The number of fused-ring (bicyclic) bond motifs is 1. The molecule has 0 fully saturated rings. The summed E-state index contributed by atoms with van der Waals surface area (Å²) in [5, 5.41) is 9.35. The number of benzene rings is 1. The lowest BCUT2D eigenvalue weighted by Gasteiger charge is -2.32. The van der Waals surface area contributed by atoms with E-state index in [1.807, 2.05) is 0 Å². The molecule has 1 aliphatic rings. The topological polar surface area (TPSA) is 114 Å². The zero-order valence-corrected chi connectivity index (χ0v) is 12.7. The van der Waals surface area contributed by atoms with Gasteiger partial charge in [-0.15, -0.1) is 0 Å². The summed E-state index contributed by atoms with van der Waals surface area (Å²) in [6.45, 7) is 0.284. The Bertz CT molecular complexity index is 817. The van der Waals surface area contributed by atoms with Crippen LogP contribution < -0.4 is 10.6 Å². The smallest absolute Gasteiger partial charge is 0.311 e. The Morgan fingerprint density at radius 1 is 1.17 bits per heavy atom. The van der Waals surface area contributed by atoms with Crippen LogP contribution in [0.5, 0.6) is 0 Å². The minimum absolute atomic E-state index is 0.170. The van der Waals surface area contributed by atoms with E-state index in [1.54, 1.807) is 24.3 Å². The normalized spacial score (nSPS) is 16.3. The predicted molar refractivity (Wildman–Crippen MR) is 85.9 cm³/mol. The number of aliphatic carboxylic acids is 1. The fraction of sp³-hybridized carbons (Fsp3) is 0.176. The number of rotatable bonds is 3. The second-order valence-electron chi connectivity index (χ2n) is 5.49. The molecule has 0 saturated carbocycles. The molecular weight excluding hydrogens is 310 g/mol. The average molecular weight is 325 g/mol. The molecule has 2 amide bonds. The molecule has 0 spiro atoms. The minimum atomic E-state index is -0.904. The van der Waals surface area contributed by atoms with Gasteiger partial charge in [0.15, 0.2) is 0 Å². The van der Waals surface area contributed by atoms with E-state index in [1.165, 1.54) is 23.2 Å². The summed E-state index contributed by atoms with van der Waals surface area (Å²) >= 11 is 0. The molecule has 0 radical (unpaired) electrons. The van der Waals surface area contributed by atoms with Crippen molar-refractivity contribution >= 4 is 23.5 Å². The summed E-state index contributed by atoms with van der Waals surface area (Å²) in [7, 11) is 0. The first-order chi connectivity index (χ1) is 11.5. The highest BCUT2D eigenvalue weighted by Gasteiger charge is 2.33. The van der Waals surface area contributed by atoms with E-state index in [0.717, 1.165) is 0 Å². The van der Waals surface area contributed by atoms with Gasteiger partial charge in [-0.1, -0.05) is 18.2 Å². The van der Waals surface area contributed by atoms with E-state index in [9.17, 15) is 19.5 Å². The van der Waals surface area contributed by atoms with Crippen LogP contribution in [0.25, 0.3) is 0 Å². The molecule has 122 valence electrons. The van der Waals surface area contributed by atoms with Crippen molar-refractivity contribution < 1.29 is 19.5 Å². The lowest BCUT2D eigenvalue weighted by Crippen LogP contribution is -2.38. The molecule has 0 saturated heterocycles. The standard InChI is InChI=1S/C17H15N3O4/c18-15(21)10-5-6-13(19-9-10)16(22)20-8-7-12(17(23)24)11-3-1-2-4-14(11)20/h1-6,9,12H,7-8H2,(H2,18,21)(H,23,24). The highest BCUT2D eigenvalue weighted by molar-refractivity contribution is 6.06. The molecule has 3 N–H and O–H groups in total. The number of carboxylic acids is 1. The van der Waals surface area contributed by atoms with Crippen molar-refractivity contribution in [2.24, 2.45) is 5.73 Å². The number of aromatic nitrogens is 1. The van der Waals surface area contributed by atoms with Crippen molar-refractivity contribution in [3.63, 3.8) is 0 Å². The Balaban J connectivity index is 1.94. The van der Waals surface area contributed by atoms with Crippen LogP contribution in [-0.2, 0) is 4.79 Å². The summed E-state index contributed by atoms with van der Waals surface area (Å²) in [5.41, 5.74) is 6.73. The lowest BCUT2D eigenvalue weighted by molar-refractivity contribution is -0.139. The number of carboxylic acid groups (broad SMARTS) is 1. The van der Waals surface area contributed by atoms with E-state index in [4.69, 9.17) is 5.73 Å². The van der Waals surface area contributed by atoms with E-state index in [-0.39, 0.29) is 23.7 Å². The van der Waals surface area contributed by atoms with E-state index >= 15 is 0 Å². The molecule has 0 aliphatic carbocycles.